The third-order valence-electron chi connectivity index (χ3n) is 4.61. The summed E-state index contributed by atoms with van der Waals surface area (Å²) >= 11 is 0. The van der Waals surface area contributed by atoms with Crippen LogP contribution < -0.4 is 10.6 Å². The molecule has 1 heterocycles. The Labute approximate surface area is 117 Å². The number of rotatable bonds is 6. The van der Waals surface area contributed by atoms with Crippen LogP contribution in [0.4, 0.5) is 0 Å². The first-order valence-corrected chi connectivity index (χ1v) is 7.93. The highest BCUT2D eigenvalue weighted by atomic mass is 16.1. The molecule has 4 heteroatoms. The number of hydrogen-bond donors (Lipinski definition) is 2. The van der Waals surface area contributed by atoms with Gasteiger partial charge in [0.1, 0.15) is 0 Å². The van der Waals surface area contributed by atoms with Crippen LogP contribution in [0.3, 0.4) is 0 Å². The van der Waals surface area contributed by atoms with E-state index in [0.29, 0.717) is 12.3 Å². The summed E-state index contributed by atoms with van der Waals surface area (Å²) in [7, 11) is 2.19. The molecule has 19 heavy (non-hydrogen) atoms. The Morgan fingerprint density at radius 1 is 1.26 bits per heavy atom. The Kier molecular flexibility index (Phi) is 6.11. The average molecular weight is 267 g/mol. The van der Waals surface area contributed by atoms with Gasteiger partial charge in [-0.05, 0) is 51.7 Å². The quantitative estimate of drug-likeness (QED) is 0.764. The molecule has 1 atom stereocenters. The topological polar surface area (TPSA) is 44.4 Å². The van der Waals surface area contributed by atoms with E-state index in [-0.39, 0.29) is 5.91 Å². The van der Waals surface area contributed by atoms with E-state index >= 15 is 0 Å². The molecule has 2 aliphatic rings. The number of piperidine rings is 1. The lowest BCUT2D eigenvalue weighted by atomic mass is 9.96. The molecule has 4 nitrogen and oxygen atoms in total. The minimum atomic E-state index is 0.230. The van der Waals surface area contributed by atoms with Gasteiger partial charge in [0.25, 0.3) is 0 Å². The molecule has 1 aliphatic carbocycles. The Hall–Kier alpha value is -0.610. The Morgan fingerprint density at radius 3 is 2.74 bits per heavy atom. The molecule has 0 aromatic heterocycles. The van der Waals surface area contributed by atoms with Crippen molar-refractivity contribution in [2.45, 2.75) is 51.0 Å². The first-order valence-electron chi connectivity index (χ1n) is 7.93. The molecule has 2 N–H and O–H groups in total. The predicted molar refractivity (Wildman–Crippen MR) is 78.1 cm³/mol. The van der Waals surface area contributed by atoms with Gasteiger partial charge in [-0.2, -0.15) is 0 Å². The van der Waals surface area contributed by atoms with Crippen molar-refractivity contribution < 1.29 is 4.79 Å². The molecular weight excluding hydrogens is 238 g/mol. The molecule has 1 saturated carbocycles. The summed E-state index contributed by atoms with van der Waals surface area (Å²) in [5.41, 5.74) is 0. The molecular formula is C15H29N3O. The van der Waals surface area contributed by atoms with Crippen molar-refractivity contribution in [3.05, 3.63) is 0 Å². The van der Waals surface area contributed by atoms with E-state index in [1.807, 2.05) is 0 Å². The van der Waals surface area contributed by atoms with Gasteiger partial charge in [-0.1, -0.05) is 12.8 Å². The van der Waals surface area contributed by atoms with E-state index in [9.17, 15) is 4.79 Å². The summed E-state index contributed by atoms with van der Waals surface area (Å²) in [6.45, 7) is 3.91. The molecule has 1 saturated heterocycles. The molecule has 0 aromatic rings. The maximum atomic E-state index is 11.9. The van der Waals surface area contributed by atoms with Crippen molar-refractivity contribution in [1.82, 2.24) is 15.5 Å². The van der Waals surface area contributed by atoms with Gasteiger partial charge >= 0.3 is 0 Å². The summed E-state index contributed by atoms with van der Waals surface area (Å²) in [6.07, 6.45) is 8.51. The lowest BCUT2D eigenvalue weighted by Gasteiger charge is -2.25. The molecule has 1 aliphatic heterocycles. The zero-order chi connectivity index (χ0) is 13.5. The summed E-state index contributed by atoms with van der Waals surface area (Å²) in [5, 5.41) is 6.44. The molecule has 1 amide bonds. The van der Waals surface area contributed by atoms with Crippen molar-refractivity contribution in [3.63, 3.8) is 0 Å². The Balaban J connectivity index is 1.55. The van der Waals surface area contributed by atoms with Crippen LogP contribution in [0.1, 0.15) is 44.9 Å². The highest BCUT2D eigenvalue weighted by Gasteiger charge is 2.19. The summed E-state index contributed by atoms with van der Waals surface area (Å²) in [6, 6.07) is 0.749. The average Bonchev–Trinajstić information content (AvgIpc) is 2.93. The third-order valence-corrected chi connectivity index (χ3v) is 4.61. The smallest absolute Gasteiger partial charge is 0.220 e. The molecule has 1 unspecified atom stereocenters. The molecule has 0 bridgehead atoms. The second-order valence-corrected chi connectivity index (χ2v) is 6.19. The van der Waals surface area contributed by atoms with E-state index in [2.05, 4.69) is 22.6 Å². The molecule has 2 fully saturated rings. The molecule has 0 radical (unpaired) electrons. The summed E-state index contributed by atoms with van der Waals surface area (Å²) in [5.74, 6) is 0.773. The van der Waals surface area contributed by atoms with Crippen LogP contribution in [-0.2, 0) is 4.79 Å². The molecule has 0 aromatic carbocycles. The van der Waals surface area contributed by atoms with Crippen LogP contribution in [0, 0.1) is 5.92 Å². The highest BCUT2D eigenvalue weighted by molar-refractivity contribution is 5.76. The second-order valence-electron chi connectivity index (χ2n) is 6.19. The fourth-order valence-electron chi connectivity index (χ4n) is 3.33. The minimum absolute atomic E-state index is 0.230. The number of nitrogens with one attached hydrogen (secondary N) is 2. The first-order chi connectivity index (χ1) is 9.25. The van der Waals surface area contributed by atoms with E-state index in [1.165, 1.54) is 38.5 Å². The monoisotopic (exact) mass is 267 g/mol. The van der Waals surface area contributed by atoms with Gasteiger partial charge in [-0.15, -0.1) is 0 Å². The number of nitrogens with zero attached hydrogens (tertiary/aromatic N) is 1. The number of carbonyl (C=O) groups is 1. The van der Waals surface area contributed by atoms with E-state index in [4.69, 9.17) is 0 Å². The van der Waals surface area contributed by atoms with Gasteiger partial charge in [-0.3, -0.25) is 4.79 Å². The van der Waals surface area contributed by atoms with Gasteiger partial charge in [0.2, 0.25) is 5.91 Å². The zero-order valence-corrected chi connectivity index (χ0v) is 12.3. The van der Waals surface area contributed by atoms with Crippen molar-refractivity contribution in [3.8, 4) is 0 Å². The number of carbonyl (C=O) groups excluding carboxylic acids is 1. The molecule has 110 valence electrons. The van der Waals surface area contributed by atoms with Gasteiger partial charge < -0.3 is 15.5 Å². The van der Waals surface area contributed by atoms with Crippen LogP contribution >= 0.6 is 0 Å². The molecule has 0 spiro atoms. The molecule has 2 rings (SSSR count). The number of amides is 1. The van der Waals surface area contributed by atoms with Gasteiger partial charge in [-0.25, -0.2) is 0 Å². The fourth-order valence-corrected chi connectivity index (χ4v) is 3.33. The Morgan fingerprint density at radius 2 is 2.05 bits per heavy atom. The SMILES string of the molecule is CN(CCNC(=O)CC1CCCNC1)C1CCCC1. The second kappa shape index (κ2) is 7.85. The number of likely N-dealkylation sites (N-methyl/N-ethyl adjacent to an activating group) is 1. The van der Waals surface area contributed by atoms with E-state index in [0.717, 1.165) is 32.2 Å². The lowest BCUT2D eigenvalue weighted by molar-refractivity contribution is -0.122. The lowest BCUT2D eigenvalue weighted by Crippen LogP contribution is -2.39. The van der Waals surface area contributed by atoms with Crippen molar-refractivity contribution in [1.29, 1.82) is 0 Å². The van der Waals surface area contributed by atoms with Crippen molar-refractivity contribution in [2.24, 2.45) is 5.92 Å². The standard InChI is InChI=1S/C15H29N3O/c1-18(14-6-2-3-7-14)10-9-17-15(19)11-13-5-4-8-16-12-13/h13-14,16H,2-12H2,1H3,(H,17,19). The van der Waals surface area contributed by atoms with Crippen LogP contribution in [0.2, 0.25) is 0 Å². The van der Waals surface area contributed by atoms with E-state index in [1.54, 1.807) is 0 Å². The van der Waals surface area contributed by atoms with Gasteiger partial charge in [0.15, 0.2) is 0 Å². The van der Waals surface area contributed by atoms with E-state index < -0.39 is 0 Å². The first kappa shape index (κ1) is 14.8. The number of hydrogen-bond acceptors (Lipinski definition) is 3. The van der Waals surface area contributed by atoms with Gasteiger partial charge in [0, 0.05) is 25.6 Å². The maximum absolute atomic E-state index is 11.9. The Bertz CT molecular complexity index is 271. The van der Waals surface area contributed by atoms with Crippen LogP contribution in [0.15, 0.2) is 0 Å². The predicted octanol–water partition coefficient (Wildman–Crippen LogP) is 1.37. The highest BCUT2D eigenvalue weighted by Crippen LogP contribution is 2.21. The van der Waals surface area contributed by atoms with Crippen molar-refractivity contribution >= 4 is 5.91 Å². The summed E-state index contributed by atoms with van der Waals surface area (Å²) in [4.78, 5) is 14.3. The zero-order valence-electron chi connectivity index (χ0n) is 12.3. The largest absolute Gasteiger partial charge is 0.355 e. The maximum Gasteiger partial charge on any atom is 0.220 e. The van der Waals surface area contributed by atoms with Crippen LogP contribution in [0.5, 0.6) is 0 Å². The normalized spacial score (nSPS) is 24.8. The summed E-state index contributed by atoms with van der Waals surface area (Å²) < 4.78 is 0. The fraction of sp³-hybridized carbons (Fsp3) is 0.933. The van der Waals surface area contributed by atoms with Crippen LogP contribution in [-0.4, -0.2) is 50.1 Å². The van der Waals surface area contributed by atoms with Gasteiger partial charge in [0.05, 0.1) is 0 Å². The minimum Gasteiger partial charge on any atom is -0.355 e. The van der Waals surface area contributed by atoms with Crippen molar-refractivity contribution in [2.75, 3.05) is 33.2 Å². The third kappa shape index (κ3) is 5.11. The van der Waals surface area contributed by atoms with Crippen LogP contribution in [0.25, 0.3) is 0 Å².